The molecule has 0 bridgehead atoms. The van der Waals surface area contributed by atoms with Crippen molar-refractivity contribution in [2.75, 3.05) is 6.79 Å². The molecule has 2 heterocycles. The number of carbonyl (C=O) groups is 1. The number of aromatic nitrogens is 2. The van der Waals surface area contributed by atoms with E-state index in [2.05, 4.69) is 5.10 Å². The zero-order valence-electron chi connectivity index (χ0n) is 16.3. The molecule has 0 saturated carbocycles. The summed E-state index contributed by atoms with van der Waals surface area (Å²) in [6.45, 7) is 4.57. The number of ether oxygens (including phenoxy) is 2. The fourth-order valence-electron chi connectivity index (χ4n) is 3.41. The van der Waals surface area contributed by atoms with Crippen molar-refractivity contribution < 1.29 is 14.3 Å². The van der Waals surface area contributed by atoms with Gasteiger partial charge in [0.05, 0.1) is 12.6 Å². The van der Waals surface area contributed by atoms with Crippen LogP contribution in [-0.4, -0.2) is 27.4 Å². The van der Waals surface area contributed by atoms with Gasteiger partial charge >= 0.3 is 0 Å². The lowest BCUT2D eigenvalue weighted by molar-refractivity contribution is 0.0665. The smallest absolute Gasteiger partial charge is 0.275 e. The van der Waals surface area contributed by atoms with Crippen molar-refractivity contribution in [3.63, 3.8) is 0 Å². The third kappa shape index (κ3) is 3.33. The summed E-state index contributed by atoms with van der Waals surface area (Å²) in [5.74, 6) is 1.31. The van der Waals surface area contributed by atoms with Gasteiger partial charge in [-0.15, -0.1) is 0 Å². The summed E-state index contributed by atoms with van der Waals surface area (Å²) in [5.41, 5.74) is 3.35. The van der Waals surface area contributed by atoms with Gasteiger partial charge in [-0.1, -0.05) is 42.5 Å². The minimum absolute atomic E-state index is 0.114. The molecule has 0 fully saturated rings. The molecule has 28 heavy (non-hydrogen) atoms. The Morgan fingerprint density at radius 2 is 1.96 bits per heavy atom. The minimum Gasteiger partial charge on any atom is -0.454 e. The van der Waals surface area contributed by atoms with Gasteiger partial charge in [0, 0.05) is 18.3 Å². The lowest BCUT2D eigenvalue weighted by atomic mass is 10.0. The highest BCUT2D eigenvalue weighted by Gasteiger charge is 2.28. The number of aryl methyl sites for hydroxylation is 2. The first-order chi connectivity index (χ1) is 13.5. The third-order valence-electron chi connectivity index (χ3n) is 5.16. The van der Waals surface area contributed by atoms with Crippen LogP contribution in [0.2, 0.25) is 0 Å². The summed E-state index contributed by atoms with van der Waals surface area (Å²) >= 11 is 0. The molecule has 6 heteroatoms. The van der Waals surface area contributed by atoms with Crippen molar-refractivity contribution in [1.82, 2.24) is 14.7 Å². The van der Waals surface area contributed by atoms with Crippen LogP contribution in [0.1, 0.15) is 40.3 Å². The molecule has 0 aliphatic carbocycles. The van der Waals surface area contributed by atoms with Crippen LogP contribution in [-0.2, 0) is 13.6 Å². The Bertz CT molecular complexity index is 978. The van der Waals surface area contributed by atoms with Crippen LogP contribution in [0.15, 0.2) is 54.6 Å². The fourth-order valence-corrected chi connectivity index (χ4v) is 3.41. The Labute approximate surface area is 164 Å². The van der Waals surface area contributed by atoms with Crippen LogP contribution < -0.4 is 9.47 Å². The highest BCUT2D eigenvalue weighted by atomic mass is 16.7. The molecule has 1 amide bonds. The molecule has 2 aromatic carbocycles. The SMILES string of the molecule is Cc1cc(C(=O)N(Cc2cccc3c2OCO3)[C@@H](C)c2ccccc2)nn1C. The van der Waals surface area contributed by atoms with Crippen LogP contribution in [0.4, 0.5) is 0 Å². The Balaban J connectivity index is 1.71. The Morgan fingerprint density at radius 1 is 1.18 bits per heavy atom. The van der Waals surface area contributed by atoms with E-state index in [0.717, 1.165) is 16.8 Å². The van der Waals surface area contributed by atoms with Gasteiger partial charge in [0.2, 0.25) is 6.79 Å². The number of hydrogen-bond acceptors (Lipinski definition) is 4. The van der Waals surface area contributed by atoms with Gasteiger partial charge in [-0.3, -0.25) is 9.48 Å². The summed E-state index contributed by atoms with van der Waals surface area (Å²) in [4.78, 5) is 15.2. The van der Waals surface area contributed by atoms with E-state index in [1.807, 2.05) is 80.4 Å². The van der Waals surface area contributed by atoms with E-state index >= 15 is 0 Å². The summed E-state index contributed by atoms with van der Waals surface area (Å²) in [6.07, 6.45) is 0. The van der Waals surface area contributed by atoms with Crippen molar-refractivity contribution in [1.29, 1.82) is 0 Å². The molecule has 0 spiro atoms. The number of amides is 1. The molecular formula is C22H23N3O3. The normalized spacial score (nSPS) is 13.4. The average molecular weight is 377 g/mol. The predicted molar refractivity (Wildman–Crippen MR) is 105 cm³/mol. The first-order valence-electron chi connectivity index (χ1n) is 9.28. The van der Waals surface area contributed by atoms with E-state index in [1.54, 1.807) is 4.68 Å². The van der Waals surface area contributed by atoms with E-state index in [9.17, 15) is 4.79 Å². The fraction of sp³-hybridized carbons (Fsp3) is 0.273. The summed E-state index contributed by atoms with van der Waals surface area (Å²) in [5, 5.41) is 4.39. The van der Waals surface area contributed by atoms with Crippen molar-refractivity contribution in [3.8, 4) is 11.5 Å². The van der Waals surface area contributed by atoms with Crippen LogP contribution in [0.3, 0.4) is 0 Å². The molecule has 1 aliphatic rings. The van der Waals surface area contributed by atoms with Gasteiger partial charge in [-0.05, 0) is 31.5 Å². The molecule has 0 radical (unpaired) electrons. The van der Waals surface area contributed by atoms with Crippen molar-refractivity contribution in [2.45, 2.75) is 26.4 Å². The van der Waals surface area contributed by atoms with Gasteiger partial charge in [0.15, 0.2) is 17.2 Å². The quantitative estimate of drug-likeness (QED) is 0.677. The van der Waals surface area contributed by atoms with Gasteiger partial charge in [-0.2, -0.15) is 5.10 Å². The number of fused-ring (bicyclic) bond motifs is 1. The summed E-state index contributed by atoms with van der Waals surface area (Å²) in [7, 11) is 1.84. The maximum absolute atomic E-state index is 13.4. The molecule has 4 rings (SSSR count). The Kier molecular flexibility index (Phi) is 4.77. The van der Waals surface area contributed by atoms with E-state index in [1.165, 1.54) is 0 Å². The molecular weight excluding hydrogens is 354 g/mol. The van der Waals surface area contributed by atoms with Crippen LogP contribution in [0.5, 0.6) is 11.5 Å². The van der Waals surface area contributed by atoms with Gasteiger partial charge < -0.3 is 14.4 Å². The second-order valence-corrected chi connectivity index (χ2v) is 6.97. The minimum atomic E-state index is -0.130. The molecule has 1 atom stereocenters. The molecule has 6 nitrogen and oxygen atoms in total. The predicted octanol–water partition coefficient (Wildman–Crippen LogP) is 3.86. The molecule has 1 aromatic heterocycles. The monoisotopic (exact) mass is 377 g/mol. The summed E-state index contributed by atoms with van der Waals surface area (Å²) < 4.78 is 12.9. The number of para-hydroxylation sites is 1. The van der Waals surface area contributed by atoms with Crippen molar-refractivity contribution in [3.05, 3.63) is 77.1 Å². The van der Waals surface area contributed by atoms with Gasteiger partial charge in [0.25, 0.3) is 5.91 Å². The third-order valence-corrected chi connectivity index (χ3v) is 5.16. The van der Waals surface area contributed by atoms with Crippen LogP contribution in [0, 0.1) is 6.92 Å². The van der Waals surface area contributed by atoms with Gasteiger partial charge in [0.1, 0.15) is 0 Å². The summed E-state index contributed by atoms with van der Waals surface area (Å²) in [6, 6.07) is 17.5. The lowest BCUT2D eigenvalue weighted by Crippen LogP contribution is -2.33. The van der Waals surface area contributed by atoms with E-state index in [-0.39, 0.29) is 18.7 Å². The molecule has 144 valence electrons. The van der Waals surface area contributed by atoms with Crippen LogP contribution >= 0.6 is 0 Å². The first kappa shape index (κ1) is 18.1. The Morgan fingerprint density at radius 3 is 2.68 bits per heavy atom. The standard InChI is InChI=1S/C22H23N3O3/c1-15-12-19(23-24(15)3)22(26)25(16(2)17-8-5-4-6-9-17)13-18-10-7-11-20-21(18)28-14-27-20/h4-12,16H,13-14H2,1-3H3/t16-/m0/s1. The average Bonchev–Trinajstić information content (AvgIpc) is 3.33. The molecule has 0 unspecified atom stereocenters. The highest BCUT2D eigenvalue weighted by Crippen LogP contribution is 2.37. The van der Waals surface area contributed by atoms with E-state index in [0.29, 0.717) is 23.7 Å². The number of benzene rings is 2. The zero-order valence-corrected chi connectivity index (χ0v) is 16.3. The number of hydrogen-bond donors (Lipinski definition) is 0. The van der Waals surface area contributed by atoms with E-state index in [4.69, 9.17) is 9.47 Å². The molecule has 0 N–H and O–H groups in total. The first-order valence-corrected chi connectivity index (χ1v) is 9.28. The number of nitrogens with zero attached hydrogens (tertiary/aromatic N) is 3. The van der Waals surface area contributed by atoms with Gasteiger partial charge in [-0.25, -0.2) is 0 Å². The largest absolute Gasteiger partial charge is 0.454 e. The highest BCUT2D eigenvalue weighted by molar-refractivity contribution is 5.92. The van der Waals surface area contributed by atoms with E-state index < -0.39 is 0 Å². The maximum atomic E-state index is 13.4. The molecule has 1 aliphatic heterocycles. The zero-order chi connectivity index (χ0) is 19.7. The number of rotatable bonds is 5. The Hall–Kier alpha value is -3.28. The second kappa shape index (κ2) is 7.38. The van der Waals surface area contributed by atoms with Crippen molar-refractivity contribution in [2.24, 2.45) is 7.05 Å². The topological polar surface area (TPSA) is 56.6 Å². The molecule has 0 saturated heterocycles. The maximum Gasteiger partial charge on any atom is 0.275 e. The van der Waals surface area contributed by atoms with Crippen LogP contribution in [0.25, 0.3) is 0 Å². The number of carbonyl (C=O) groups excluding carboxylic acids is 1. The van der Waals surface area contributed by atoms with Crippen molar-refractivity contribution >= 4 is 5.91 Å². The molecule has 3 aromatic rings. The second-order valence-electron chi connectivity index (χ2n) is 6.97. The lowest BCUT2D eigenvalue weighted by Gasteiger charge is -2.29.